The molecule has 0 saturated carbocycles. The summed E-state index contributed by atoms with van der Waals surface area (Å²) in [6, 6.07) is 11.1. The van der Waals surface area contributed by atoms with Crippen molar-refractivity contribution in [3.8, 4) is 5.75 Å². The lowest BCUT2D eigenvalue weighted by Gasteiger charge is -2.18. The predicted octanol–water partition coefficient (Wildman–Crippen LogP) is 2.34. The molecule has 0 aliphatic carbocycles. The molecule has 0 saturated heterocycles. The van der Waals surface area contributed by atoms with E-state index in [1.807, 2.05) is 0 Å². The minimum atomic E-state index is -0.408. The molecule has 2 amide bonds. The van der Waals surface area contributed by atoms with Gasteiger partial charge in [0.1, 0.15) is 11.6 Å². The van der Waals surface area contributed by atoms with Crippen molar-refractivity contribution in [3.63, 3.8) is 0 Å². The van der Waals surface area contributed by atoms with E-state index < -0.39 is 5.82 Å². The maximum atomic E-state index is 13.5. The SMILES string of the molecule is O=C(Cc1ccccc1F)Nc1ccc2c(c1)OCC(=O)N2. The Kier molecular flexibility index (Phi) is 3.74. The normalized spacial score (nSPS) is 12.9. The van der Waals surface area contributed by atoms with Gasteiger partial charge in [0.15, 0.2) is 6.61 Å². The van der Waals surface area contributed by atoms with Crippen molar-refractivity contribution in [2.45, 2.75) is 6.42 Å². The van der Waals surface area contributed by atoms with Crippen molar-refractivity contribution in [2.75, 3.05) is 17.2 Å². The van der Waals surface area contributed by atoms with Gasteiger partial charge in [-0.3, -0.25) is 9.59 Å². The van der Waals surface area contributed by atoms with Crippen LogP contribution in [0.15, 0.2) is 42.5 Å². The molecule has 0 aromatic heterocycles. The summed E-state index contributed by atoms with van der Waals surface area (Å²) < 4.78 is 18.8. The van der Waals surface area contributed by atoms with Gasteiger partial charge in [-0.2, -0.15) is 0 Å². The molecule has 5 nitrogen and oxygen atoms in total. The monoisotopic (exact) mass is 300 g/mol. The summed E-state index contributed by atoms with van der Waals surface area (Å²) in [5, 5.41) is 5.34. The van der Waals surface area contributed by atoms with E-state index in [0.717, 1.165) is 0 Å². The van der Waals surface area contributed by atoms with Crippen LogP contribution in [-0.2, 0) is 16.0 Å². The van der Waals surface area contributed by atoms with E-state index >= 15 is 0 Å². The molecule has 0 spiro atoms. The van der Waals surface area contributed by atoms with E-state index in [9.17, 15) is 14.0 Å². The number of anilines is 2. The molecule has 112 valence electrons. The van der Waals surface area contributed by atoms with Crippen LogP contribution in [0, 0.1) is 5.82 Å². The minimum Gasteiger partial charge on any atom is -0.482 e. The Morgan fingerprint density at radius 2 is 2.09 bits per heavy atom. The zero-order valence-electron chi connectivity index (χ0n) is 11.6. The third-order valence-corrected chi connectivity index (χ3v) is 3.21. The molecular weight excluding hydrogens is 287 g/mol. The Morgan fingerprint density at radius 3 is 2.91 bits per heavy atom. The molecule has 0 radical (unpaired) electrons. The Hall–Kier alpha value is -2.89. The van der Waals surface area contributed by atoms with Crippen LogP contribution in [0.25, 0.3) is 0 Å². The van der Waals surface area contributed by atoms with Gasteiger partial charge in [0.25, 0.3) is 5.91 Å². The van der Waals surface area contributed by atoms with Crippen LogP contribution in [0.1, 0.15) is 5.56 Å². The fourth-order valence-corrected chi connectivity index (χ4v) is 2.17. The molecule has 0 fully saturated rings. The number of benzene rings is 2. The van der Waals surface area contributed by atoms with E-state index in [0.29, 0.717) is 22.7 Å². The lowest BCUT2D eigenvalue weighted by atomic mass is 10.1. The second kappa shape index (κ2) is 5.85. The molecule has 2 aromatic rings. The van der Waals surface area contributed by atoms with Gasteiger partial charge in [-0.1, -0.05) is 18.2 Å². The molecule has 0 atom stereocenters. The molecule has 2 N–H and O–H groups in total. The highest BCUT2D eigenvalue weighted by Crippen LogP contribution is 2.30. The van der Waals surface area contributed by atoms with E-state index in [4.69, 9.17) is 4.74 Å². The van der Waals surface area contributed by atoms with Crippen molar-refractivity contribution in [1.29, 1.82) is 0 Å². The molecule has 22 heavy (non-hydrogen) atoms. The van der Waals surface area contributed by atoms with Crippen LogP contribution in [0.2, 0.25) is 0 Å². The van der Waals surface area contributed by atoms with E-state index in [1.54, 1.807) is 36.4 Å². The molecule has 1 heterocycles. The fourth-order valence-electron chi connectivity index (χ4n) is 2.17. The standard InChI is InChI=1S/C16H13FN2O3/c17-12-4-2-1-3-10(12)7-15(20)18-11-5-6-13-14(8-11)22-9-16(21)19-13/h1-6,8H,7,9H2,(H,18,20)(H,19,21). The summed E-state index contributed by atoms with van der Waals surface area (Å²) in [6.45, 7) is -0.0559. The topological polar surface area (TPSA) is 67.4 Å². The van der Waals surface area contributed by atoms with E-state index in [1.165, 1.54) is 6.07 Å². The van der Waals surface area contributed by atoms with Crippen LogP contribution in [0.5, 0.6) is 5.75 Å². The Balaban J connectivity index is 1.70. The number of halogens is 1. The highest BCUT2D eigenvalue weighted by molar-refractivity contribution is 5.97. The van der Waals surface area contributed by atoms with Crippen LogP contribution in [0.4, 0.5) is 15.8 Å². The van der Waals surface area contributed by atoms with Gasteiger partial charge < -0.3 is 15.4 Å². The van der Waals surface area contributed by atoms with Crippen LogP contribution in [0.3, 0.4) is 0 Å². The maximum absolute atomic E-state index is 13.5. The third-order valence-electron chi connectivity index (χ3n) is 3.21. The summed E-state index contributed by atoms with van der Waals surface area (Å²) in [4.78, 5) is 23.1. The first-order chi connectivity index (χ1) is 10.6. The maximum Gasteiger partial charge on any atom is 0.262 e. The Labute approximate surface area is 126 Å². The highest BCUT2D eigenvalue weighted by Gasteiger charge is 2.16. The molecule has 1 aliphatic heterocycles. The van der Waals surface area contributed by atoms with Gasteiger partial charge in [-0.05, 0) is 23.8 Å². The van der Waals surface area contributed by atoms with E-state index in [2.05, 4.69) is 10.6 Å². The molecular formula is C16H13FN2O3. The quantitative estimate of drug-likeness (QED) is 0.914. The number of hydrogen-bond donors (Lipinski definition) is 2. The number of carbonyl (C=O) groups excluding carboxylic acids is 2. The Morgan fingerprint density at radius 1 is 1.27 bits per heavy atom. The van der Waals surface area contributed by atoms with Crippen molar-refractivity contribution in [2.24, 2.45) is 0 Å². The van der Waals surface area contributed by atoms with Gasteiger partial charge in [0.2, 0.25) is 5.91 Å². The second-order valence-corrected chi connectivity index (χ2v) is 4.86. The first-order valence-electron chi connectivity index (χ1n) is 6.72. The molecule has 6 heteroatoms. The summed E-state index contributed by atoms with van der Waals surface area (Å²) in [5.74, 6) is -0.467. The van der Waals surface area contributed by atoms with Gasteiger partial charge in [-0.25, -0.2) is 4.39 Å². The van der Waals surface area contributed by atoms with E-state index in [-0.39, 0.29) is 24.8 Å². The van der Waals surface area contributed by atoms with Crippen molar-refractivity contribution in [1.82, 2.24) is 0 Å². The zero-order valence-corrected chi connectivity index (χ0v) is 11.6. The number of amides is 2. The van der Waals surface area contributed by atoms with Gasteiger partial charge in [0.05, 0.1) is 12.1 Å². The smallest absolute Gasteiger partial charge is 0.262 e. The molecule has 0 bridgehead atoms. The average molecular weight is 300 g/mol. The molecule has 0 unspecified atom stereocenters. The summed E-state index contributed by atoms with van der Waals surface area (Å²) >= 11 is 0. The van der Waals surface area contributed by atoms with Crippen LogP contribution < -0.4 is 15.4 Å². The largest absolute Gasteiger partial charge is 0.482 e. The van der Waals surface area contributed by atoms with Crippen molar-refractivity contribution < 1.29 is 18.7 Å². The van der Waals surface area contributed by atoms with Gasteiger partial charge >= 0.3 is 0 Å². The van der Waals surface area contributed by atoms with Crippen molar-refractivity contribution in [3.05, 3.63) is 53.8 Å². The first kappa shape index (κ1) is 14.1. The Bertz CT molecular complexity index is 746. The minimum absolute atomic E-state index is 0.0542. The molecule has 1 aliphatic rings. The lowest BCUT2D eigenvalue weighted by Crippen LogP contribution is -2.25. The van der Waals surface area contributed by atoms with Crippen LogP contribution in [-0.4, -0.2) is 18.4 Å². The van der Waals surface area contributed by atoms with Crippen molar-refractivity contribution >= 4 is 23.2 Å². The number of nitrogens with one attached hydrogen (secondary N) is 2. The first-order valence-corrected chi connectivity index (χ1v) is 6.72. The third kappa shape index (κ3) is 3.06. The second-order valence-electron chi connectivity index (χ2n) is 4.86. The van der Waals surface area contributed by atoms with Gasteiger partial charge in [0, 0.05) is 11.8 Å². The molecule has 2 aromatic carbocycles. The number of ether oxygens (including phenoxy) is 1. The summed E-state index contributed by atoms with van der Waals surface area (Å²) in [5.41, 5.74) is 1.42. The summed E-state index contributed by atoms with van der Waals surface area (Å²) in [7, 11) is 0. The lowest BCUT2D eigenvalue weighted by molar-refractivity contribution is -0.118. The summed E-state index contributed by atoms with van der Waals surface area (Å²) in [6.07, 6.45) is -0.0542. The number of fused-ring (bicyclic) bond motifs is 1. The average Bonchev–Trinajstić information content (AvgIpc) is 2.50. The fraction of sp³-hybridized carbons (Fsp3) is 0.125. The molecule has 3 rings (SSSR count). The van der Waals surface area contributed by atoms with Gasteiger partial charge in [-0.15, -0.1) is 0 Å². The highest BCUT2D eigenvalue weighted by atomic mass is 19.1. The number of carbonyl (C=O) groups is 2. The zero-order chi connectivity index (χ0) is 15.5. The number of hydrogen-bond acceptors (Lipinski definition) is 3. The number of rotatable bonds is 3. The van der Waals surface area contributed by atoms with Crippen LogP contribution >= 0.6 is 0 Å². The predicted molar refractivity (Wildman–Crippen MR) is 79.3 cm³/mol.